The predicted octanol–water partition coefficient (Wildman–Crippen LogP) is 3.52. The number of nitrogen functional groups attached to an aromatic ring is 1. The number of furan rings is 1. The average molecular weight is 242 g/mol. The molecule has 0 aliphatic carbocycles. The first kappa shape index (κ1) is 11.2. The van der Waals surface area contributed by atoms with Gasteiger partial charge in [-0.15, -0.1) is 0 Å². The number of nitrogens with two attached hydrogens (primary N) is 1. The molecule has 0 saturated carbocycles. The molecule has 0 atom stereocenters. The lowest BCUT2D eigenvalue weighted by atomic mass is 10.0. The van der Waals surface area contributed by atoms with Crippen molar-refractivity contribution in [3.8, 4) is 11.3 Å². The number of piperidine rings is 1. The maximum absolute atomic E-state index is 5.90. The first-order chi connectivity index (χ1) is 8.84. The second-order valence-corrected chi connectivity index (χ2v) is 4.80. The molecule has 0 bridgehead atoms. The van der Waals surface area contributed by atoms with Gasteiger partial charge in [0.2, 0.25) is 0 Å². The summed E-state index contributed by atoms with van der Waals surface area (Å²) in [6, 6.07) is 9.98. The first-order valence-corrected chi connectivity index (χ1v) is 6.53. The Balaban J connectivity index is 2.02. The van der Waals surface area contributed by atoms with Gasteiger partial charge in [0.15, 0.2) is 0 Å². The van der Waals surface area contributed by atoms with E-state index in [1.165, 1.54) is 24.9 Å². The SMILES string of the molecule is Nc1ccc(N2CCCCC2)c(-c2ccco2)c1. The summed E-state index contributed by atoms with van der Waals surface area (Å²) in [6.45, 7) is 2.25. The smallest absolute Gasteiger partial charge is 0.136 e. The van der Waals surface area contributed by atoms with E-state index in [1.807, 2.05) is 24.3 Å². The van der Waals surface area contributed by atoms with Crippen molar-refractivity contribution in [2.45, 2.75) is 19.3 Å². The van der Waals surface area contributed by atoms with E-state index < -0.39 is 0 Å². The molecule has 3 heteroatoms. The molecule has 0 radical (unpaired) electrons. The van der Waals surface area contributed by atoms with Gasteiger partial charge in [0.1, 0.15) is 5.76 Å². The fourth-order valence-electron chi connectivity index (χ4n) is 2.59. The highest BCUT2D eigenvalue weighted by atomic mass is 16.3. The van der Waals surface area contributed by atoms with E-state index in [9.17, 15) is 0 Å². The zero-order valence-corrected chi connectivity index (χ0v) is 10.4. The summed E-state index contributed by atoms with van der Waals surface area (Å²) in [5, 5.41) is 0. The molecule has 1 saturated heterocycles. The Morgan fingerprint density at radius 2 is 1.89 bits per heavy atom. The molecule has 0 unspecified atom stereocenters. The Hall–Kier alpha value is -1.90. The molecule has 0 amide bonds. The van der Waals surface area contributed by atoms with E-state index in [2.05, 4.69) is 11.0 Å². The van der Waals surface area contributed by atoms with Gasteiger partial charge >= 0.3 is 0 Å². The second kappa shape index (κ2) is 4.77. The van der Waals surface area contributed by atoms with E-state index in [0.29, 0.717) is 0 Å². The molecule has 1 aliphatic rings. The lowest BCUT2D eigenvalue weighted by molar-refractivity contribution is 0.571. The van der Waals surface area contributed by atoms with Crippen LogP contribution in [0.25, 0.3) is 11.3 Å². The van der Waals surface area contributed by atoms with Crippen LogP contribution in [-0.2, 0) is 0 Å². The summed E-state index contributed by atoms with van der Waals surface area (Å²) in [4.78, 5) is 2.43. The Morgan fingerprint density at radius 1 is 1.06 bits per heavy atom. The predicted molar refractivity (Wildman–Crippen MR) is 74.6 cm³/mol. The van der Waals surface area contributed by atoms with Gasteiger partial charge in [0.05, 0.1) is 6.26 Å². The van der Waals surface area contributed by atoms with Gasteiger partial charge in [-0.25, -0.2) is 0 Å². The van der Waals surface area contributed by atoms with Crippen molar-refractivity contribution >= 4 is 11.4 Å². The molecule has 2 N–H and O–H groups in total. The normalized spacial score (nSPS) is 15.9. The number of nitrogens with zero attached hydrogens (tertiary/aromatic N) is 1. The van der Waals surface area contributed by atoms with Gasteiger partial charge in [0, 0.05) is 30.0 Å². The number of benzene rings is 1. The molecular formula is C15H18N2O. The van der Waals surface area contributed by atoms with E-state index in [4.69, 9.17) is 10.2 Å². The van der Waals surface area contributed by atoms with Crippen molar-refractivity contribution in [1.29, 1.82) is 0 Å². The number of rotatable bonds is 2. The van der Waals surface area contributed by atoms with Crippen LogP contribution in [0.2, 0.25) is 0 Å². The quantitative estimate of drug-likeness (QED) is 0.819. The summed E-state index contributed by atoms with van der Waals surface area (Å²) in [6.07, 6.45) is 5.57. The minimum Gasteiger partial charge on any atom is -0.464 e. The lowest BCUT2D eigenvalue weighted by Gasteiger charge is -2.30. The topological polar surface area (TPSA) is 42.4 Å². The van der Waals surface area contributed by atoms with Crippen molar-refractivity contribution in [2.75, 3.05) is 23.7 Å². The largest absolute Gasteiger partial charge is 0.464 e. The molecule has 1 aromatic carbocycles. The van der Waals surface area contributed by atoms with Crippen LogP contribution in [0.1, 0.15) is 19.3 Å². The van der Waals surface area contributed by atoms with Crippen LogP contribution in [0.4, 0.5) is 11.4 Å². The monoisotopic (exact) mass is 242 g/mol. The average Bonchev–Trinajstić information content (AvgIpc) is 2.93. The minimum atomic E-state index is 0.780. The van der Waals surface area contributed by atoms with Crippen LogP contribution in [0.5, 0.6) is 0 Å². The zero-order valence-electron chi connectivity index (χ0n) is 10.4. The van der Waals surface area contributed by atoms with E-state index >= 15 is 0 Å². The summed E-state index contributed by atoms with van der Waals surface area (Å²) < 4.78 is 5.52. The van der Waals surface area contributed by atoms with Crippen molar-refractivity contribution in [3.63, 3.8) is 0 Å². The molecule has 94 valence electrons. The Morgan fingerprint density at radius 3 is 2.61 bits per heavy atom. The zero-order chi connectivity index (χ0) is 12.4. The molecule has 3 nitrogen and oxygen atoms in total. The van der Waals surface area contributed by atoms with Crippen molar-refractivity contribution < 1.29 is 4.42 Å². The van der Waals surface area contributed by atoms with Gasteiger partial charge in [-0.05, 0) is 49.6 Å². The number of hydrogen-bond donors (Lipinski definition) is 1. The van der Waals surface area contributed by atoms with Gasteiger partial charge < -0.3 is 15.1 Å². The minimum absolute atomic E-state index is 0.780. The third-order valence-electron chi connectivity index (χ3n) is 3.50. The highest BCUT2D eigenvalue weighted by Crippen LogP contribution is 2.34. The van der Waals surface area contributed by atoms with Crippen LogP contribution in [0.15, 0.2) is 41.0 Å². The molecule has 18 heavy (non-hydrogen) atoms. The standard InChI is InChI=1S/C15H18N2O/c16-12-6-7-14(17-8-2-1-3-9-17)13(11-12)15-5-4-10-18-15/h4-7,10-11H,1-3,8-9,16H2. The number of anilines is 2. The molecule has 1 aliphatic heterocycles. The molecule has 1 aromatic heterocycles. The summed E-state index contributed by atoms with van der Waals surface area (Å²) in [5.41, 5.74) is 9.02. The highest BCUT2D eigenvalue weighted by molar-refractivity contribution is 5.78. The van der Waals surface area contributed by atoms with Crippen LogP contribution < -0.4 is 10.6 Å². The maximum Gasteiger partial charge on any atom is 0.136 e. The van der Waals surface area contributed by atoms with Crippen LogP contribution in [0, 0.1) is 0 Å². The fourth-order valence-corrected chi connectivity index (χ4v) is 2.59. The van der Waals surface area contributed by atoms with Gasteiger partial charge in [-0.3, -0.25) is 0 Å². The van der Waals surface area contributed by atoms with Crippen molar-refractivity contribution in [2.24, 2.45) is 0 Å². The Kier molecular flexibility index (Phi) is 2.97. The van der Waals surface area contributed by atoms with E-state index in [1.54, 1.807) is 6.26 Å². The second-order valence-electron chi connectivity index (χ2n) is 4.80. The summed E-state index contributed by atoms with van der Waals surface area (Å²) in [7, 11) is 0. The first-order valence-electron chi connectivity index (χ1n) is 6.53. The van der Waals surface area contributed by atoms with E-state index in [0.717, 1.165) is 30.1 Å². The Labute approximate surface area is 107 Å². The summed E-state index contributed by atoms with van der Waals surface area (Å²) >= 11 is 0. The molecule has 2 heterocycles. The van der Waals surface area contributed by atoms with Gasteiger partial charge in [0.25, 0.3) is 0 Å². The van der Waals surface area contributed by atoms with Gasteiger partial charge in [-0.1, -0.05) is 0 Å². The Bertz CT molecular complexity index is 513. The van der Waals surface area contributed by atoms with Crippen molar-refractivity contribution in [3.05, 3.63) is 36.6 Å². The van der Waals surface area contributed by atoms with Crippen LogP contribution in [0.3, 0.4) is 0 Å². The molecule has 3 rings (SSSR count). The van der Waals surface area contributed by atoms with Crippen LogP contribution >= 0.6 is 0 Å². The third kappa shape index (κ3) is 2.08. The van der Waals surface area contributed by atoms with Crippen LogP contribution in [-0.4, -0.2) is 13.1 Å². The van der Waals surface area contributed by atoms with Crippen molar-refractivity contribution in [1.82, 2.24) is 0 Å². The van der Waals surface area contributed by atoms with E-state index in [-0.39, 0.29) is 0 Å². The summed E-state index contributed by atoms with van der Waals surface area (Å²) in [5.74, 6) is 0.892. The third-order valence-corrected chi connectivity index (χ3v) is 3.50. The molecule has 1 fully saturated rings. The van der Waals surface area contributed by atoms with Gasteiger partial charge in [-0.2, -0.15) is 0 Å². The number of hydrogen-bond acceptors (Lipinski definition) is 3. The molecular weight excluding hydrogens is 224 g/mol. The molecule has 0 spiro atoms. The lowest BCUT2D eigenvalue weighted by Crippen LogP contribution is -2.29. The highest BCUT2D eigenvalue weighted by Gasteiger charge is 2.16. The fraction of sp³-hybridized carbons (Fsp3) is 0.333. The molecule has 2 aromatic rings. The maximum atomic E-state index is 5.90.